The van der Waals surface area contributed by atoms with Gasteiger partial charge in [0.25, 0.3) is 0 Å². The van der Waals surface area contributed by atoms with Crippen LogP contribution in [-0.2, 0) is 6.54 Å². The number of ether oxygens (including phenoxy) is 2. The number of hydrogen-bond acceptors (Lipinski definition) is 4. The van der Waals surface area contributed by atoms with Crippen LogP contribution in [0, 0.1) is 5.92 Å². The highest BCUT2D eigenvalue weighted by atomic mass is 16.5. The fraction of sp³-hybridized carbons (Fsp3) is 0.429. The maximum atomic E-state index is 5.77. The number of piperidine rings is 1. The summed E-state index contributed by atoms with van der Waals surface area (Å²) in [5.74, 6) is 3.77. The lowest BCUT2D eigenvalue weighted by molar-refractivity contribution is 0.266. The van der Waals surface area contributed by atoms with Crippen LogP contribution in [0.2, 0.25) is 0 Å². The lowest BCUT2D eigenvalue weighted by Gasteiger charge is -2.33. The number of rotatable bonds is 5. The van der Waals surface area contributed by atoms with Crippen LogP contribution in [0.3, 0.4) is 0 Å². The first-order valence-electron chi connectivity index (χ1n) is 9.40. The lowest BCUT2D eigenvalue weighted by atomic mass is 10.0. The van der Waals surface area contributed by atoms with Crippen molar-refractivity contribution in [1.29, 1.82) is 0 Å². The first-order chi connectivity index (χ1) is 13.2. The molecular formula is C21H28N4O2. The van der Waals surface area contributed by atoms with Crippen LogP contribution in [-0.4, -0.2) is 43.1 Å². The fourth-order valence-electron chi connectivity index (χ4n) is 3.24. The summed E-state index contributed by atoms with van der Waals surface area (Å²) < 4.78 is 10.9. The lowest BCUT2D eigenvalue weighted by Crippen LogP contribution is -2.45. The molecule has 0 saturated carbocycles. The summed E-state index contributed by atoms with van der Waals surface area (Å²) in [6, 6.07) is 11.3. The highest BCUT2D eigenvalue weighted by Gasteiger charge is 2.18. The number of benzene rings is 1. The Hall–Kier alpha value is -2.76. The van der Waals surface area contributed by atoms with Gasteiger partial charge < -0.3 is 19.7 Å². The van der Waals surface area contributed by atoms with Gasteiger partial charge in [0.15, 0.2) is 5.96 Å². The summed E-state index contributed by atoms with van der Waals surface area (Å²) in [5.41, 5.74) is 1.09. The molecule has 1 aromatic heterocycles. The van der Waals surface area contributed by atoms with Gasteiger partial charge in [0.2, 0.25) is 5.88 Å². The van der Waals surface area contributed by atoms with Crippen molar-refractivity contribution in [3.8, 4) is 17.4 Å². The molecular weight excluding hydrogens is 340 g/mol. The van der Waals surface area contributed by atoms with E-state index in [1.807, 2.05) is 49.6 Å². The SMILES string of the molecule is CN=C(NCc1ccc(Oc2ccc(OC)cc2)nc1)N1CCCC(C)C1. The predicted molar refractivity (Wildman–Crippen MR) is 107 cm³/mol. The first kappa shape index (κ1) is 19.0. The second kappa shape index (κ2) is 9.26. The number of nitrogens with zero attached hydrogens (tertiary/aromatic N) is 3. The molecule has 1 atom stereocenters. The number of nitrogens with one attached hydrogen (secondary N) is 1. The average molecular weight is 368 g/mol. The second-order valence-electron chi connectivity index (χ2n) is 6.88. The summed E-state index contributed by atoms with van der Waals surface area (Å²) >= 11 is 0. The van der Waals surface area contributed by atoms with Crippen molar-refractivity contribution in [1.82, 2.24) is 15.2 Å². The number of guanidine groups is 1. The average Bonchev–Trinajstić information content (AvgIpc) is 2.70. The Kier molecular flexibility index (Phi) is 6.52. The van der Waals surface area contributed by atoms with E-state index >= 15 is 0 Å². The molecule has 1 saturated heterocycles. The minimum Gasteiger partial charge on any atom is -0.497 e. The molecule has 1 aliphatic heterocycles. The van der Waals surface area contributed by atoms with E-state index in [1.54, 1.807) is 7.11 Å². The summed E-state index contributed by atoms with van der Waals surface area (Å²) in [7, 11) is 3.48. The standard InChI is InChI=1S/C21H28N4O2/c1-16-5-4-12-25(15-16)21(22-2)24-14-17-6-11-20(23-13-17)27-19-9-7-18(26-3)8-10-19/h6-11,13,16H,4-5,12,14-15H2,1-3H3,(H,22,24). The summed E-state index contributed by atoms with van der Waals surface area (Å²) in [5, 5.41) is 3.44. The van der Waals surface area contributed by atoms with Crippen LogP contribution in [0.4, 0.5) is 0 Å². The highest BCUT2D eigenvalue weighted by molar-refractivity contribution is 5.79. The number of methoxy groups -OCH3 is 1. The van der Waals surface area contributed by atoms with Crippen LogP contribution in [0.5, 0.6) is 17.4 Å². The minimum atomic E-state index is 0.568. The smallest absolute Gasteiger partial charge is 0.219 e. The third-order valence-electron chi connectivity index (χ3n) is 4.70. The maximum Gasteiger partial charge on any atom is 0.219 e. The van der Waals surface area contributed by atoms with Gasteiger partial charge in [-0.3, -0.25) is 4.99 Å². The van der Waals surface area contributed by atoms with Crippen LogP contribution in [0.1, 0.15) is 25.3 Å². The second-order valence-corrected chi connectivity index (χ2v) is 6.88. The van der Waals surface area contributed by atoms with Gasteiger partial charge in [0, 0.05) is 38.9 Å². The fourth-order valence-corrected chi connectivity index (χ4v) is 3.24. The summed E-state index contributed by atoms with van der Waals surface area (Å²) in [6.07, 6.45) is 4.35. The highest BCUT2D eigenvalue weighted by Crippen LogP contribution is 2.22. The van der Waals surface area contributed by atoms with Crippen molar-refractivity contribution in [2.24, 2.45) is 10.9 Å². The molecule has 3 rings (SSSR count). The van der Waals surface area contributed by atoms with Crippen molar-refractivity contribution in [2.75, 3.05) is 27.2 Å². The molecule has 2 heterocycles. The normalized spacial score (nSPS) is 17.5. The van der Waals surface area contributed by atoms with Crippen LogP contribution in [0.15, 0.2) is 47.6 Å². The Morgan fingerprint density at radius 1 is 1.22 bits per heavy atom. The third kappa shape index (κ3) is 5.36. The largest absolute Gasteiger partial charge is 0.497 e. The molecule has 0 aliphatic carbocycles. The van der Waals surface area contributed by atoms with E-state index in [1.165, 1.54) is 12.8 Å². The van der Waals surface area contributed by atoms with Crippen LogP contribution in [0.25, 0.3) is 0 Å². The number of aromatic nitrogens is 1. The molecule has 1 aliphatic rings. The van der Waals surface area contributed by atoms with Gasteiger partial charge in [-0.15, -0.1) is 0 Å². The third-order valence-corrected chi connectivity index (χ3v) is 4.70. The van der Waals surface area contributed by atoms with Crippen molar-refractivity contribution in [3.05, 3.63) is 48.2 Å². The van der Waals surface area contributed by atoms with E-state index in [0.717, 1.165) is 36.1 Å². The molecule has 0 bridgehead atoms. The van der Waals surface area contributed by atoms with E-state index in [9.17, 15) is 0 Å². The van der Waals surface area contributed by atoms with Crippen LogP contribution < -0.4 is 14.8 Å². The Labute approximate surface area is 161 Å². The predicted octanol–water partition coefficient (Wildman–Crippen LogP) is 3.69. The molecule has 0 spiro atoms. The Morgan fingerprint density at radius 3 is 2.63 bits per heavy atom. The maximum absolute atomic E-state index is 5.77. The summed E-state index contributed by atoms with van der Waals surface area (Å²) in [4.78, 5) is 11.2. The molecule has 1 N–H and O–H groups in total. The quantitative estimate of drug-likeness (QED) is 0.644. The number of likely N-dealkylation sites (tertiary alicyclic amines) is 1. The molecule has 6 nitrogen and oxygen atoms in total. The molecule has 1 fully saturated rings. The number of pyridine rings is 1. The summed E-state index contributed by atoms with van der Waals surface area (Å²) in [6.45, 7) is 5.11. The molecule has 1 aromatic carbocycles. The van der Waals surface area contributed by atoms with Gasteiger partial charge in [-0.05, 0) is 48.6 Å². The zero-order valence-corrected chi connectivity index (χ0v) is 16.3. The van der Waals surface area contributed by atoms with Gasteiger partial charge in [-0.1, -0.05) is 13.0 Å². The van der Waals surface area contributed by atoms with E-state index in [0.29, 0.717) is 18.3 Å². The van der Waals surface area contributed by atoms with Crippen molar-refractivity contribution in [2.45, 2.75) is 26.3 Å². The topological polar surface area (TPSA) is 59.0 Å². The molecule has 1 unspecified atom stereocenters. The Morgan fingerprint density at radius 2 is 2.00 bits per heavy atom. The molecule has 144 valence electrons. The van der Waals surface area contributed by atoms with E-state index in [4.69, 9.17) is 9.47 Å². The molecule has 2 aromatic rings. The Balaban J connectivity index is 1.53. The van der Waals surface area contributed by atoms with Crippen LogP contribution >= 0.6 is 0 Å². The van der Waals surface area contributed by atoms with Gasteiger partial charge in [-0.2, -0.15) is 0 Å². The van der Waals surface area contributed by atoms with Gasteiger partial charge in [0.05, 0.1) is 7.11 Å². The van der Waals surface area contributed by atoms with Crippen molar-refractivity contribution < 1.29 is 9.47 Å². The van der Waals surface area contributed by atoms with E-state index in [2.05, 4.69) is 27.1 Å². The number of aliphatic imine (C=N–C) groups is 1. The number of hydrogen-bond donors (Lipinski definition) is 1. The van der Waals surface area contributed by atoms with E-state index < -0.39 is 0 Å². The van der Waals surface area contributed by atoms with E-state index in [-0.39, 0.29) is 0 Å². The molecule has 27 heavy (non-hydrogen) atoms. The molecule has 0 radical (unpaired) electrons. The first-order valence-corrected chi connectivity index (χ1v) is 9.40. The zero-order valence-electron chi connectivity index (χ0n) is 16.3. The van der Waals surface area contributed by atoms with Crippen molar-refractivity contribution >= 4 is 5.96 Å². The Bertz CT molecular complexity index is 744. The van der Waals surface area contributed by atoms with Gasteiger partial charge in [-0.25, -0.2) is 4.98 Å². The van der Waals surface area contributed by atoms with Gasteiger partial charge >= 0.3 is 0 Å². The zero-order chi connectivity index (χ0) is 19.1. The minimum absolute atomic E-state index is 0.568. The molecule has 6 heteroatoms. The van der Waals surface area contributed by atoms with Crippen molar-refractivity contribution in [3.63, 3.8) is 0 Å². The van der Waals surface area contributed by atoms with Gasteiger partial charge in [0.1, 0.15) is 11.5 Å². The monoisotopic (exact) mass is 368 g/mol. The molecule has 0 amide bonds.